The highest BCUT2D eigenvalue weighted by atomic mass is 32.2. The summed E-state index contributed by atoms with van der Waals surface area (Å²) in [5.41, 5.74) is 2.04. The maximum atomic E-state index is 15.6. The van der Waals surface area contributed by atoms with Gasteiger partial charge >= 0.3 is 5.97 Å². The molecule has 8 nitrogen and oxygen atoms in total. The molecule has 1 saturated heterocycles. The van der Waals surface area contributed by atoms with Gasteiger partial charge in [0.05, 0.1) is 23.2 Å². The molecule has 4 aromatic rings. The van der Waals surface area contributed by atoms with Crippen LogP contribution in [0, 0.1) is 5.82 Å². The van der Waals surface area contributed by atoms with Gasteiger partial charge in [-0.15, -0.1) is 0 Å². The smallest absolute Gasteiger partial charge is 0.352 e. The lowest BCUT2D eigenvalue weighted by Crippen LogP contribution is -2.43. The minimum absolute atomic E-state index is 0.0409. The Balaban J connectivity index is 1.58. The van der Waals surface area contributed by atoms with Gasteiger partial charge in [0.2, 0.25) is 5.91 Å². The molecule has 0 spiro atoms. The number of rotatable bonds is 7. The van der Waals surface area contributed by atoms with Crippen molar-refractivity contribution in [3.8, 4) is 16.9 Å². The zero-order valence-electron chi connectivity index (χ0n) is 22.3. The van der Waals surface area contributed by atoms with Gasteiger partial charge in [0.25, 0.3) is 0 Å². The first kappa shape index (κ1) is 27.4. The number of piperidine rings is 1. The molecular formula is C30H29FN2O6S. The molecule has 1 atom stereocenters. The lowest BCUT2D eigenvalue weighted by molar-refractivity contribution is -0.123. The summed E-state index contributed by atoms with van der Waals surface area (Å²) in [5, 5.41) is 10.9. The number of benzene rings is 3. The number of aryl methyl sites for hydroxylation is 1. The number of carboxylic acid groups (broad SMARTS) is 1. The van der Waals surface area contributed by atoms with Crippen molar-refractivity contribution in [2.75, 3.05) is 24.8 Å². The molecule has 1 aromatic heterocycles. The maximum absolute atomic E-state index is 15.6. The highest BCUT2D eigenvalue weighted by Crippen LogP contribution is 2.38. The lowest BCUT2D eigenvalue weighted by Gasteiger charge is -2.34. The molecule has 1 amide bonds. The monoisotopic (exact) mass is 564 g/mol. The number of halogens is 1. The number of carboxylic acids is 1. The van der Waals surface area contributed by atoms with Gasteiger partial charge in [-0.1, -0.05) is 31.2 Å². The van der Waals surface area contributed by atoms with E-state index in [1.165, 1.54) is 30.2 Å². The summed E-state index contributed by atoms with van der Waals surface area (Å²) >= 11 is 0. The van der Waals surface area contributed by atoms with Crippen molar-refractivity contribution < 1.29 is 32.2 Å². The fourth-order valence-electron chi connectivity index (χ4n) is 5.66. The molecule has 1 unspecified atom stereocenters. The number of ether oxygens (including phenoxy) is 1. The summed E-state index contributed by atoms with van der Waals surface area (Å²) in [6.07, 6.45) is 2.47. The lowest BCUT2D eigenvalue weighted by atomic mass is 10.0. The number of nitrogens with zero attached hydrogens (tertiary/aromatic N) is 2. The van der Waals surface area contributed by atoms with Crippen molar-refractivity contribution in [3.63, 3.8) is 0 Å². The average molecular weight is 565 g/mol. The predicted octanol–water partition coefficient (Wildman–Crippen LogP) is 5.49. The summed E-state index contributed by atoms with van der Waals surface area (Å²) in [5.74, 6) is -1.65. The molecule has 1 fully saturated rings. The molecule has 0 bridgehead atoms. The fraction of sp³-hybridized carbons (Fsp3) is 0.267. The Morgan fingerprint density at radius 3 is 2.52 bits per heavy atom. The molecule has 40 heavy (non-hydrogen) atoms. The Morgan fingerprint density at radius 2 is 1.88 bits per heavy atom. The minimum atomic E-state index is -3.55. The maximum Gasteiger partial charge on any atom is 0.352 e. The topological polar surface area (TPSA) is 106 Å². The zero-order chi connectivity index (χ0) is 28.8. The number of carbonyl (C=O) groups excluding carboxylic acids is 1. The molecular weight excluding hydrogens is 535 g/mol. The Labute approximate surface area is 231 Å². The molecule has 208 valence electrons. The Kier molecular flexibility index (Phi) is 7.14. The molecule has 1 aliphatic heterocycles. The molecule has 10 heteroatoms. The van der Waals surface area contributed by atoms with Crippen LogP contribution in [0.25, 0.3) is 22.0 Å². The standard InChI is InChI=1S/C30H29FN2O6S/c1-4-20-22-17-19(39-2)12-14-24(22)33(28(20)30(35)36)26-9-7-15-32(29(26)34)25-13-11-18(16-23(25)31)21-8-5-6-10-27(21)40(3,37)38/h5-6,8,10-14,16-17,26H,4,7,9,15H2,1-3H3,(H,35,36). The Hall–Kier alpha value is -4.18. The van der Waals surface area contributed by atoms with E-state index in [1.807, 2.05) is 6.92 Å². The second-order valence-electron chi connectivity index (χ2n) is 9.82. The van der Waals surface area contributed by atoms with Crippen molar-refractivity contribution in [2.45, 2.75) is 37.1 Å². The van der Waals surface area contributed by atoms with Gasteiger partial charge in [0.15, 0.2) is 9.84 Å². The summed E-state index contributed by atoms with van der Waals surface area (Å²) in [6.45, 7) is 2.13. The van der Waals surface area contributed by atoms with Crippen LogP contribution in [0.15, 0.2) is 65.6 Å². The van der Waals surface area contributed by atoms with Crippen LogP contribution in [-0.2, 0) is 21.1 Å². The number of carbonyl (C=O) groups is 2. The molecule has 3 aromatic carbocycles. The molecule has 2 heterocycles. The minimum Gasteiger partial charge on any atom is -0.497 e. The average Bonchev–Trinajstić information content (AvgIpc) is 3.26. The number of hydrogen-bond acceptors (Lipinski definition) is 5. The number of hydrogen-bond donors (Lipinski definition) is 1. The third kappa shape index (κ3) is 4.62. The van der Waals surface area contributed by atoms with E-state index in [4.69, 9.17) is 4.74 Å². The van der Waals surface area contributed by atoms with Crippen LogP contribution < -0.4 is 9.64 Å². The van der Waals surface area contributed by atoms with Crippen LogP contribution >= 0.6 is 0 Å². The van der Waals surface area contributed by atoms with Crippen LogP contribution in [0.3, 0.4) is 0 Å². The van der Waals surface area contributed by atoms with Crippen molar-refractivity contribution in [2.24, 2.45) is 0 Å². The van der Waals surface area contributed by atoms with Crippen molar-refractivity contribution in [1.29, 1.82) is 0 Å². The number of methoxy groups -OCH3 is 1. The number of aromatic nitrogens is 1. The van der Waals surface area contributed by atoms with Crippen LogP contribution in [0.4, 0.5) is 10.1 Å². The van der Waals surface area contributed by atoms with E-state index in [-0.39, 0.29) is 22.8 Å². The van der Waals surface area contributed by atoms with E-state index in [0.717, 1.165) is 6.26 Å². The van der Waals surface area contributed by atoms with Crippen LogP contribution in [-0.4, -0.2) is 49.9 Å². The summed E-state index contributed by atoms with van der Waals surface area (Å²) in [4.78, 5) is 27.8. The van der Waals surface area contributed by atoms with Gasteiger partial charge in [0.1, 0.15) is 23.3 Å². The van der Waals surface area contributed by atoms with Gasteiger partial charge in [-0.3, -0.25) is 4.79 Å². The van der Waals surface area contributed by atoms with Crippen LogP contribution in [0.1, 0.15) is 41.9 Å². The first-order valence-corrected chi connectivity index (χ1v) is 14.8. The Morgan fingerprint density at radius 1 is 1.12 bits per heavy atom. The summed E-state index contributed by atoms with van der Waals surface area (Å²) < 4.78 is 47.1. The number of fused-ring (bicyclic) bond motifs is 1. The summed E-state index contributed by atoms with van der Waals surface area (Å²) in [6, 6.07) is 15.1. The third-order valence-electron chi connectivity index (χ3n) is 7.43. The first-order chi connectivity index (χ1) is 19.1. The van der Waals surface area contributed by atoms with E-state index in [1.54, 1.807) is 47.0 Å². The largest absolute Gasteiger partial charge is 0.497 e. The molecule has 0 saturated carbocycles. The van der Waals surface area contributed by atoms with E-state index in [9.17, 15) is 23.1 Å². The number of aromatic carboxylic acids is 1. The van der Waals surface area contributed by atoms with E-state index >= 15 is 4.39 Å². The predicted molar refractivity (Wildman–Crippen MR) is 150 cm³/mol. The Bertz CT molecular complexity index is 1760. The van der Waals surface area contributed by atoms with E-state index in [2.05, 4.69) is 0 Å². The molecule has 0 radical (unpaired) electrons. The highest BCUT2D eigenvalue weighted by Gasteiger charge is 2.36. The molecule has 1 N–H and O–H groups in total. The summed E-state index contributed by atoms with van der Waals surface area (Å²) in [7, 11) is -2.02. The SMILES string of the molecule is CCc1c(C(=O)O)n(C2CCCN(c3ccc(-c4ccccc4S(C)(=O)=O)cc3F)C2=O)c2ccc(OC)cc12. The number of sulfone groups is 1. The molecule has 5 rings (SSSR count). The number of anilines is 1. The van der Waals surface area contributed by atoms with Crippen molar-refractivity contribution >= 4 is 38.3 Å². The second-order valence-corrected chi connectivity index (χ2v) is 11.8. The van der Waals surface area contributed by atoms with Crippen LogP contribution in [0.5, 0.6) is 5.75 Å². The van der Waals surface area contributed by atoms with Gasteiger partial charge < -0.3 is 19.3 Å². The van der Waals surface area contributed by atoms with Gasteiger partial charge in [-0.05, 0) is 66.8 Å². The van der Waals surface area contributed by atoms with E-state index in [0.29, 0.717) is 52.6 Å². The van der Waals surface area contributed by atoms with Gasteiger partial charge in [0, 0.05) is 23.8 Å². The highest BCUT2D eigenvalue weighted by molar-refractivity contribution is 7.90. The molecule has 1 aliphatic rings. The third-order valence-corrected chi connectivity index (χ3v) is 8.58. The van der Waals surface area contributed by atoms with Gasteiger partial charge in [-0.25, -0.2) is 17.6 Å². The van der Waals surface area contributed by atoms with E-state index < -0.39 is 33.6 Å². The quantitative estimate of drug-likeness (QED) is 0.318. The van der Waals surface area contributed by atoms with Crippen molar-refractivity contribution in [3.05, 3.63) is 77.7 Å². The normalized spacial score (nSPS) is 15.9. The fourth-order valence-corrected chi connectivity index (χ4v) is 6.57. The number of amides is 1. The first-order valence-electron chi connectivity index (χ1n) is 12.9. The van der Waals surface area contributed by atoms with Crippen LogP contribution in [0.2, 0.25) is 0 Å². The van der Waals surface area contributed by atoms with Gasteiger partial charge in [-0.2, -0.15) is 0 Å². The van der Waals surface area contributed by atoms with Crippen molar-refractivity contribution in [1.82, 2.24) is 4.57 Å². The molecule has 0 aliphatic carbocycles. The second kappa shape index (κ2) is 10.4. The zero-order valence-corrected chi connectivity index (χ0v) is 23.2.